The second-order valence-corrected chi connectivity index (χ2v) is 9.54. The highest BCUT2D eigenvalue weighted by Crippen LogP contribution is 2.55. The Kier molecular flexibility index (Phi) is 4.10. The van der Waals surface area contributed by atoms with Crippen molar-refractivity contribution in [3.63, 3.8) is 0 Å². The molecule has 140 valence electrons. The van der Waals surface area contributed by atoms with E-state index in [9.17, 15) is 9.18 Å². The lowest BCUT2D eigenvalue weighted by Crippen LogP contribution is -2.59. The lowest BCUT2D eigenvalue weighted by molar-refractivity contribution is -0.151. The van der Waals surface area contributed by atoms with Crippen molar-refractivity contribution in [2.75, 3.05) is 6.54 Å². The zero-order valence-corrected chi connectivity index (χ0v) is 15.8. The Balaban J connectivity index is 1.35. The van der Waals surface area contributed by atoms with Crippen LogP contribution in [0, 0.1) is 42.3 Å². The van der Waals surface area contributed by atoms with Crippen molar-refractivity contribution >= 4 is 5.91 Å². The van der Waals surface area contributed by atoms with Gasteiger partial charge in [0.25, 0.3) is 0 Å². The molecule has 1 aromatic rings. The van der Waals surface area contributed by atoms with Gasteiger partial charge in [0, 0.05) is 18.5 Å². The first-order valence-electron chi connectivity index (χ1n) is 10.6. The fourth-order valence-corrected chi connectivity index (χ4v) is 7.00. The first-order chi connectivity index (χ1) is 12.6. The summed E-state index contributed by atoms with van der Waals surface area (Å²) >= 11 is 0. The largest absolute Gasteiger partial charge is 0.339 e. The van der Waals surface area contributed by atoms with Gasteiger partial charge < -0.3 is 4.90 Å². The quantitative estimate of drug-likeness (QED) is 0.767. The Bertz CT molecular complexity index is 686. The minimum atomic E-state index is -0.118. The molecule has 5 aliphatic rings. The predicted octanol–water partition coefficient (Wildman–Crippen LogP) is 4.74. The molecular weight excluding hydrogens is 325 g/mol. The number of likely N-dealkylation sites (tertiary alicyclic amines) is 1. The van der Waals surface area contributed by atoms with Crippen LogP contribution in [0.1, 0.15) is 56.1 Å². The van der Waals surface area contributed by atoms with Crippen LogP contribution in [-0.2, 0) is 11.2 Å². The summed E-state index contributed by atoms with van der Waals surface area (Å²) < 4.78 is 14.4. The van der Waals surface area contributed by atoms with Crippen LogP contribution in [0.25, 0.3) is 0 Å². The van der Waals surface area contributed by atoms with Crippen LogP contribution < -0.4 is 0 Å². The highest BCUT2D eigenvalue weighted by Gasteiger charge is 2.51. The second kappa shape index (κ2) is 6.35. The number of carbonyl (C=O) groups excluding carboxylic acids is 1. The monoisotopic (exact) mass is 355 g/mol. The highest BCUT2D eigenvalue weighted by molar-refractivity contribution is 5.80. The summed E-state index contributed by atoms with van der Waals surface area (Å²) in [7, 11) is 0. The summed E-state index contributed by atoms with van der Waals surface area (Å²) in [6.45, 7) is 2.74. The van der Waals surface area contributed by atoms with Crippen molar-refractivity contribution in [2.24, 2.45) is 29.6 Å². The van der Waals surface area contributed by atoms with Gasteiger partial charge in [-0.15, -0.1) is 0 Å². The summed E-state index contributed by atoms with van der Waals surface area (Å²) in [6, 6.07) is 6.07. The fraction of sp³-hybridized carbons (Fsp3) is 0.696. The third-order valence-electron chi connectivity index (χ3n) is 7.86. The van der Waals surface area contributed by atoms with E-state index in [1.54, 1.807) is 0 Å². The first-order valence-corrected chi connectivity index (χ1v) is 10.6. The van der Waals surface area contributed by atoms with E-state index in [1.165, 1.54) is 32.1 Å². The Morgan fingerprint density at radius 3 is 2.46 bits per heavy atom. The lowest BCUT2D eigenvalue weighted by Gasteiger charge is -2.58. The number of benzene rings is 1. The van der Waals surface area contributed by atoms with Gasteiger partial charge in [0.1, 0.15) is 5.82 Å². The number of aryl methyl sites for hydroxylation is 1. The molecule has 5 fully saturated rings. The molecule has 1 aliphatic heterocycles. The van der Waals surface area contributed by atoms with Crippen LogP contribution in [0.15, 0.2) is 18.2 Å². The molecule has 4 aliphatic carbocycles. The third-order valence-corrected chi connectivity index (χ3v) is 7.86. The standard InChI is InChI=1S/C23H30FNO/c1-14-4-2-5-17(21(14)24)13-18-6-3-7-25(23(18)26)22-19-9-15-8-16(11-19)12-20(22)10-15/h2,4-5,15-16,18-20,22H,3,6-13H2,1H3. The van der Waals surface area contributed by atoms with Gasteiger partial charge in [-0.1, -0.05) is 18.2 Å². The Morgan fingerprint density at radius 1 is 1.08 bits per heavy atom. The van der Waals surface area contributed by atoms with Crippen molar-refractivity contribution < 1.29 is 9.18 Å². The van der Waals surface area contributed by atoms with E-state index < -0.39 is 0 Å². The fourth-order valence-electron chi connectivity index (χ4n) is 7.00. The maximum Gasteiger partial charge on any atom is 0.226 e. The van der Waals surface area contributed by atoms with Gasteiger partial charge in [-0.05, 0) is 93.1 Å². The second-order valence-electron chi connectivity index (χ2n) is 9.54. The molecule has 1 unspecified atom stereocenters. The maximum atomic E-state index is 14.4. The number of halogens is 1. The normalized spacial score (nSPS) is 38.8. The van der Waals surface area contributed by atoms with Gasteiger partial charge in [0.05, 0.1) is 0 Å². The van der Waals surface area contributed by atoms with Crippen molar-refractivity contribution in [3.8, 4) is 0 Å². The highest BCUT2D eigenvalue weighted by atomic mass is 19.1. The van der Waals surface area contributed by atoms with E-state index in [0.29, 0.717) is 23.9 Å². The van der Waals surface area contributed by atoms with Gasteiger partial charge in [-0.3, -0.25) is 4.79 Å². The van der Waals surface area contributed by atoms with Crippen LogP contribution in [0.4, 0.5) is 4.39 Å². The van der Waals surface area contributed by atoms with Crippen LogP contribution in [-0.4, -0.2) is 23.4 Å². The van der Waals surface area contributed by atoms with Crippen molar-refractivity contribution in [3.05, 3.63) is 35.1 Å². The molecule has 26 heavy (non-hydrogen) atoms. The Morgan fingerprint density at radius 2 is 1.77 bits per heavy atom. The van der Waals surface area contributed by atoms with Crippen LogP contribution >= 0.6 is 0 Å². The molecule has 1 heterocycles. The molecule has 0 aromatic heterocycles. The molecule has 1 aromatic carbocycles. The zero-order valence-electron chi connectivity index (χ0n) is 15.8. The zero-order chi connectivity index (χ0) is 17.8. The minimum Gasteiger partial charge on any atom is -0.339 e. The van der Waals surface area contributed by atoms with Crippen LogP contribution in [0.3, 0.4) is 0 Å². The molecule has 0 N–H and O–H groups in total. The number of hydrogen-bond acceptors (Lipinski definition) is 1. The SMILES string of the molecule is Cc1cccc(CC2CCCN(C3C4CC5CC(C4)CC3C5)C2=O)c1F. The van der Waals surface area contributed by atoms with Crippen LogP contribution in [0.2, 0.25) is 0 Å². The van der Waals surface area contributed by atoms with E-state index in [4.69, 9.17) is 0 Å². The average Bonchev–Trinajstić information content (AvgIpc) is 2.61. The van der Waals surface area contributed by atoms with E-state index in [1.807, 2.05) is 25.1 Å². The van der Waals surface area contributed by atoms with E-state index >= 15 is 0 Å². The smallest absolute Gasteiger partial charge is 0.226 e. The van der Waals surface area contributed by atoms with E-state index in [0.717, 1.165) is 48.6 Å². The summed E-state index contributed by atoms with van der Waals surface area (Å²) in [4.78, 5) is 15.6. The Hall–Kier alpha value is -1.38. The van der Waals surface area contributed by atoms with Crippen molar-refractivity contribution in [2.45, 2.75) is 64.3 Å². The van der Waals surface area contributed by atoms with Gasteiger partial charge in [-0.2, -0.15) is 0 Å². The molecular formula is C23H30FNO. The number of carbonyl (C=O) groups is 1. The predicted molar refractivity (Wildman–Crippen MR) is 100 cm³/mol. The topological polar surface area (TPSA) is 20.3 Å². The summed E-state index contributed by atoms with van der Waals surface area (Å²) in [5.41, 5.74) is 1.40. The van der Waals surface area contributed by atoms with Gasteiger partial charge >= 0.3 is 0 Å². The summed E-state index contributed by atoms with van der Waals surface area (Å²) in [6.07, 6.45) is 9.39. The van der Waals surface area contributed by atoms with Crippen LogP contribution in [0.5, 0.6) is 0 Å². The molecule has 2 nitrogen and oxygen atoms in total. The van der Waals surface area contributed by atoms with Crippen molar-refractivity contribution in [1.82, 2.24) is 4.90 Å². The molecule has 1 saturated heterocycles. The molecule has 4 saturated carbocycles. The molecule has 3 heteroatoms. The summed E-state index contributed by atoms with van der Waals surface area (Å²) in [5, 5.41) is 0. The summed E-state index contributed by atoms with van der Waals surface area (Å²) in [5.74, 6) is 3.52. The average molecular weight is 355 g/mol. The molecule has 1 atom stereocenters. The maximum absolute atomic E-state index is 14.4. The minimum absolute atomic E-state index is 0.0303. The third kappa shape index (κ3) is 2.70. The number of amides is 1. The number of hydrogen-bond donors (Lipinski definition) is 0. The van der Waals surface area contributed by atoms with E-state index in [-0.39, 0.29) is 11.7 Å². The van der Waals surface area contributed by atoms with Gasteiger partial charge in [-0.25, -0.2) is 4.39 Å². The van der Waals surface area contributed by atoms with E-state index in [2.05, 4.69) is 4.90 Å². The Labute approximate surface area is 156 Å². The number of rotatable bonds is 3. The molecule has 1 amide bonds. The molecule has 4 bridgehead atoms. The lowest BCUT2D eigenvalue weighted by atomic mass is 9.53. The first kappa shape index (κ1) is 16.8. The number of piperidine rings is 1. The van der Waals surface area contributed by atoms with Gasteiger partial charge in [0.15, 0.2) is 0 Å². The molecule has 0 spiro atoms. The molecule has 0 radical (unpaired) electrons. The molecule has 6 rings (SSSR count). The van der Waals surface area contributed by atoms with Crippen molar-refractivity contribution in [1.29, 1.82) is 0 Å². The van der Waals surface area contributed by atoms with Gasteiger partial charge in [0.2, 0.25) is 5.91 Å². The number of nitrogens with zero attached hydrogens (tertiary/aromatic N) is 1.